The lowest BCUT2D eigenvalue weighted by Gasteiger charge is -2.36. The SMILES string of the molecule is COc1ccc(N2CCN(c3cc(SCC(=O)Nc4cccc(SC)c4)ncn3)CC2)cc1. The summed E-state index contributed by atoms with van der Waals surface area (Å²) in [6.45, 7) is 3.57. The van der Waals surface area contributed by atoms with Crippen LogP contribution in [-0.4, -0.2) is 61.2 Å². The van der Waals surface area contributed by atoms with Crippen LogP contribution in [0.3, 0.4) is 0 Å². The van der Waals surface area contributed by atoms with Crippen LogP contribution in [0, 0.1) is 0 Å². The highest BCUT2D eigenvalue weighted by Gasteiger charge is 2.19. The number of benzene rings is 2. The highest BCUT2D eigenvalue weighted by molar-refractivity contribution is 8.00. The zero-order valence-corrected chi connectivity index (χ0v) is 20.4. The van der Waals surface area contributed by atoms with Crippen LogP contribution in [-0.2, 0) is 4.79 Å². The number of thioether (sulfide) groups is 2. The zero-order chi connectivity index (χ0) is 23.0. The number of nitrogens with zero attached hydrogens (tertiary/aromatic N) is 4. The van der Waals surface area contributed by atoms with E-state index in [-0.39, 0.29) is 5.91 Å². The van der Waals surface area contributed by atoms with Gasteiger partial charge in [0.15, 0.2) is 0 Å². The van der Waals surface area contributed by atoms with Crippen molar-refractivity contribution in [3.05, 3.63) is 60.9 Å². The molecule has 0 aliphatic carbocycles. The average molecular weight is 482 g/mol. The lowest BCUT2D eigenvalue weighted by Crippen LogP contribution is -2.46. The molecule has 2 heterocycles. The highest BCUT2D eigenvalue weighted by Crippen LogP contribution is 2.24. The average Bonchev–Trinajstić information content (AvgIpc) is 2.88. The number of carbonyl (C=O) groups excluding carboxylic acids is 1. The van der Waals surface area contributed by atoms with Crippen LogP contribution >= 0.6 is 23.5 Å². The van der Waals surface area contributed by atoms with E-state index in [4.69, 9.17) is 4.74 Å². The van der Waals surface area contributed by atoms with Crippen LogP contribution in [0.2, 0.25) is 0 Å². The molecular weight excluding hydrogens is 454 g/mol. The second-order valence-corrected chi connectivity index (χ2v) is 9.33. The van der Waals surface area contributed by atoms with Crippen molar-refractivity contribution in [2.75, 3.05) is 60.4 Å². The minimum atomic E-state index is -0.0495. The monoisotopic (exact) mass is 481 g/mol. The van der Waals surface area contributed by atoms with Crippen LogP contribution < -0.4 is 19.9 Å². The minimum Gasteiger partial charge on any atom is -0.497 e. The molecule has 7 nitrogen and oxygen atoms in total. The maximum absolute atomic E-state index is 12.4. The lowest BCUT2D eigenvalue weighted by atomic mass is 10.2. The highest BCUT2D eigenvalue weighted by atomic mass is 32.2. The third kappa shape index (κ3) is 6.33. The Labute approximate surface area is 202 Å². The van der Waals surface area contributed by atoms with E-state index in [1.165, 1.54) is 17.4 Å². The topological polar surface area (TPSA) is 70.6 Å². The van der Waals surface area contributed by atoms with Gasteiger partial charge in [-0.2, -0.15) is 0 Å². The van der Waals surface area contributed by atoms with Gasteiger partial charge in [-0.15, -0.1) is 11.8 Å². The van der Waals surface area contributed by atoms with Crippen molar-refractivity contribution in [1.29, 1.82) is 0 Å². The number of aromatic nitrogens is 2. The van der Waals surface area contributed by atoms with Gasteiger partial charge in [0.05, 0.1) is 12.9 Å². The summed E-state index contributed by atoms with van der Waals surface area (Å²) in [5.41, 5.74) is 2.01. The number of amides is 1. The molecule has 9 heteroatoms. The maximum Gasteiger partial charge on any atom is 0.234 e. The lowest BCUT2D eigenvalue weighted by molar-refractivity contribution is -0.113. The Bertz CT molecular complexity index is 1070. The molecule has 0 saturated carbocycles. The quantitative estimate of drug-likeness (QED) is 0.378. The summed E-state index contributed by atoms with van der Waals surface area (Å²) in [5.74, 6) is 2.01. The van der Waals surface area contributed by atoms with Crippen molar-refractivity contribution in [3.63, 3.8) is 0 Å². The second kappa shape index (κ2) is 11.3. The van der Waals surface area contributed by atoms with E-state index >= 15 is 0 Å². The van der Waals surface area contributed by atoms with E-state index in [2.05, 4.69) is 37.2 Å². The Morgan fingerprint density at radius 1 is 1.03 bits per heavy atom. The number of rotatable bonds is 8. The number of hydrogen-bond donors (Lipinski definition) is 1. The van der Waals surface area contributed by atoms with Crippen LogP contribution in [0.15, 0.2) is 70.8 Å². The van der Waals surface area contributed by atoms with Crippen LogP contribution in [0.4, 0.5) is 17.2 Å². The number of carbonyl (C=O) groups is 1. The van der Waals surface area contributed by atoms with Crippen molar-refractivity contribution in [2.24, 2.45) is 0 Å². The van der Waals surface area contributed by atoms with Crippen molar-refractivity contribution in [2.45, 2.75) is 9.92 Å². The molecule has 1 fully saturated rings. The molecule has 3 aromatic rings. The molecule has 0 atom stereocenters. The standard InChI is InChI=1S/C24H27N5O2S2/c1-31-20-8-6-19(7-9-20)28-10-12-29(13-11-28)22-15-24(26-17-25-22)33-16-23(30)27-18-4-3-5-21(14-18)32-2/h3-9,14-15,17H,10-13,16H2,1-2H3,(H,27,30). The van der Waals surface area contributed by atoms with Gasteiger partial charge in [-0.25, -0.2) is 9.97 Å². The van der Waals surface area contributed by atoms with Gasteiger partial charge in [0.25, 0.3) is 0 Å². The third-order valence-corrected chi connectivity index (χ3v) is 7.02. The molecule has 2 aromatic carbocycles. The van der Waals surface area contributed by atoms with Crippen molar-refractivity contribution in [3.8, 4) is 5.75 Å². The summed E-state index contributed by atoms with van der Waals surface area (Å²) in [7, 11) is 1.68. The van der Waals surface area contributed by atoms with Crippen molar-refractivity contribution < 1.29 is 9.53 Å². The maximum atomic E-state index is 12.4. The predicted octanol–water partition coefficient (Wildman–Crippen LogP) is 4.26. The molecule has 172 valence electrons. The predicted molar refractivity (Wildman–Crippen MR) is 137 cm³/mol. The molecule has 1 saturated heterocycles. The summed E-state index contributed by atoms with van der Waals surface area (Å²) in [4.78, 5) is 26.9. The molecule has 1 aliphatic heterocycles. The Balaban J connectivity index is 1.29. The first kappa shape index (κ1) is 23.3. The first-order valence-electron chi connectivity index (χ1n) is 10.7. The molecule has 1 aliphatic rings. The van der Waals surface area contributed by atoms with Gasteiger partial charge < -0.3 is 19.9 Å². The molecule has 4 rings (SSSR count). The van der Waals surface area contributed by atoms with E-state index in [1.54, 1.807) is 25.2 Å². The van der Waals surface area contributed by atoms with E-state index in [1.807, 2.05) is 48.7 Å². The van der Waals surface area contributed by atoms with Gasteiger partial charge in [0, 0.05) is 48.5 Å². The molecule has 0 unspecified atom stereocenters. The first-order chi connectivity index (χ1) is 16.1. The number of methoxy groups -OCH3 is 1. The Kier molecular flexibility index (Phi) is 7.96. The number of anilines is 3. The normalized spacial score (nSPS) is 13.6. The fourth-order valence-corrected chi connectivity index (χ4v) is 4.73. The number of piperazine rings is 1. The Morgan fingerprint density at radius 3 is 2.52 bits per heavy atom. The molecule has 33 heavy (non-hydrogen) atoms. The van der Waals surface area contributed by atoms with E-state index in [0.29, 0.717) is 5.75 Å². The van der Waals surface area contributed by atoms with Crippen LogP contribution in [0.25, 0.3) is 0 Å². The summed E-state index contributed by atoms with van der Waals surface area (Å²) in [6, 6.07) is 18.0. The largest absolute Gasteiger partial charge is 0.497 e. The van der Waals surface area contributed by atoms with Crippen LogP contribution in [0.5, 0.6) is 5.75 Å². The van der Waals surface area contributed by atoms with Gasteiger partial charge in [-0.3, -0.25) is 4.79 Å². The van der Waals surface area contributed by atoms with E-state index in [0.717, 1.165) is 53.4 Å². The number of hydrogen-bond acceptors (Lipinski definition) is 8. The third-order valence-electron chi connectivity index (χ3n) is 5.37. The summed E-state index contributed by atoms with van der Waals surface area (Å²) in [6.07, 6.45) is 3.59. The van der Waals surface area contributed by atoms with Gasteiger partial charge in [-0.1, -0.05) is 17.8 Å². The first-order valence-corrected chi connectivity index (χ1v) is 12.9. The second-order valence-electron chi connectivity index (χ2n) is 7.46. The molecule has 1 amide bonds. The molecule has 0 bridgehead atoms. The van der Waals surface area contributed by atoms with Gasteiger partial charge in [0.1, 0.15) is 22.9 Å². The number of nitrogens with one attached hydrogen (secondary N) is 1. The Hall–Kier alpha value is -2.91. The van der Waals surface area contributed by atoms with Crippen molar-refractivity contribution >= 4 is 46.6 Å². The molecular formula is C24H27N5O2S2. The van der Waals surface area contributed by atoms with Gasteiger partial charge in [-0.05, 0) is 48.7 Å². The Morgan fingerprint density at radius 2 is 1.79 bits per heavy atom. The molecule has 1 N–H and O–H groups in total. The van der Waals surface area contributed by atoms with Crippen molar-refractivity contribution in [1.82, 2.24) is 9.97 Å². The summed E-state index contributed by atoms with van der Waals surface area (Å²) < 4.78 is 5.25. The van der Waals surface area contributed by atoms with E-state index < -0.39 is 0 Å². The fraction of sp³-hybridized carbons (Fsp3) is 0.292. The molecule has 0 spiro atoms. The van der Waals surface area contributed by atoms with Gasteiger partial charge >= 0.3 is 0 Å². The van der Waals surface area contributed by atoms with Crippen LogP contribution in [0.1, 0.15) is 0 Å². The zero-order valence-electron chi connectivity index (χ0n) is 18.7. The minimum absolute atomic E-state index is 0.0495. The number of ether oxygens (including phenoxy) is 1. The summed E-state index contributed by atoms with van der Waals surface area (Å²) in [5, 5.41) is 3.75. The molecule has 0 radical (unpaired) electrons. The summed E-state index contributed by atoms with van der Waals surface area (Å²) >= 11 is 3.07. The smallest absolute Gasteiger partial charge is 0.234 e. The molecule has 1 aromatic heterocycles. The van der Waals surface area contributed by atoms with Gasteiger partial charge in [0.2, 0.25) is 5.91 Å². The fourth-order valence-electron chi connectivity index (χ4n) is 3.61. The van der Waals surface area contributed by atoms with E-state index in [9.17, 15) is 4.79 Å².